The number of nitrogens with zero attached hydrogens (tertiary/aromatic N) is 2. The minimum absolute atomic E-state index is 0.0401. The van der Waals surface area contributed by atoms with Gasteiger partial charge in [-0.2, -0.15) is 0 Å². The first-order valence-electron chi connectivity index (χ1n) is 9.85. The summed E-state index contributed by atoms with van der Waals surface area (Å²) in [6, 6.07) is 13.4. The Labute approximate surface area is 181 Å². The van der Waals surface area contributed by atoms with Gasteiger partial charge in [-0.3, -0.25) is 0 Å². The van der Waals surface area contributed by atoms with Crippen LogP contribution in [0.2, 0.25) is 0 Å². The zero-order chi connectivity index (χ0) is 22.2. The van der Waals surface area contributed by atoms with Crippen LogP contribution in [0.25, 0.3) is 16.6 Å². The van der Waals surface area contributed by atoms with Crippen LogP contribution in [0.4, 0.5) is 0 Å². The van der Waals surface area contributed by atoms with Crippen molar-refractivity contribution in [3.63, 3.8) is 0 Å². The maximum atomic E-state index is 12.3. The molecule has 1 aliphatic rings. The van der Waals surface area contributed by atoms with E-state index in [1.165, 1.54) is 23.0 Å². The van der Waals surface area contributed by atoms with E-state index in [1.807, 2.05) is 42.5 Å². The zero-order valence-corrected chi connectivity index (χ0v) is 18.2. The number of H-pyrrole nitrogens is 1. The topological polar surface area (TPSA) is 125 Å². The number of allylic oxidation sites excluding steroid dienone is 1. The van der Waals surface area contributed by atoms with E-state index in [2.05, 4.69) is 4.98 Å². The highest BCUT2D eigenvalue weighted by Crippen LogP contribution is 2.40. The Balaban J connectivity index is 1.74. The van der Waals surface area contributed by atoms with Gasteiger partial charge >= 0.3 is 0 Å². The Morgan fingerprint density at radius 1 is 1.23 bits per heavy atom. The van der Waals surface area contributed by atoms with Gasteiger partial charge in [-0.15, -0.1) is 0 Å². The number of nitrogens with one attached hydrogen (secondary N) is 2. The van der Waals surface area contributed by atoms with Crippen molar-refractivity contribution in [1.29, 1.82) is 5.41 Å². The summed E-state index contributed by atoms with van der Waals surface area (Å²) >= 11 is 0. The average Bonchev–Trinajstić information content (AvgIpc) is 3.38. The Hall–Kier alpha value is -3.17. The first-order chi connectivity index (χ1) is 14.8. The van der Waals surface area contributed by atoms with Gasteiger partial charge in [0.25, 0.3) is 0 Å². The second-order valence-electron chi connectivity index (χ2n) is 7.69. The number of nitrogens with two attached hydrogens (primary N) is 1. The fourth-order valence-corrected chi connectivity index (χ4v) is 4.98. The van der Waals surface area contributed by atoms with Crippen LogP contribution in [0.5, 0.6) is 5.75 Å². The van der Waals surface area contributed by atoms with Crippen molar-refractivity contribution >= 4 is 32.8 Å². The third-order valence-corrected chi connectivity index (χ3v) is 7.06. The number of benzene rings is 2. The van der Waals surface area contributed by atoms with Crippen molar-refractivity contribution in [2.75, 3.05) is 26.5 Å². The normalized spacial score (nSPS) is 20.3. The molecule has 1 aromatic heterocycles. The second kappa shape index (κ2) is 8.16. The number of aromatic amines is 1. The maximum absolute atomic E-state index is 12.3. The number of imidazole rings is 1. The molecule has 0 bridgehead atoms. The van der Waals surface area contributed by atoms with Crippen LogP contribution in [0.1, 0.15) is 28.8 Å². The van der Waals surface area contributed by atoms with E-state index in [1.54, 1.807) is 7.11 Å². The maximum Gasteiger partial charge on any atom is 0.211 e. The predicted molar refractivity (Wildman–Crippen MR) is 122 cm³/mol. The second-order valence-corrected chi connectivity index (χ2v) is 9.67. The molecule has 2 atom stereocenters. The SMILES string of the molecule is COc1ccc([C@H]2CN(S(C)(=O)=O)C[C@@H]2c2nc3ccc(/C(C=N)=C/N)cc3[nH]2)cc1. The van der Waals surface area contributed by atoms with Crippen molar-refractivity contribution in [1.82, 2.24) is 14.3 Å². The van der Waals surface area contributed by atoms with Gasteiger partial charge in [-0.05, 0) is 35.4 Å². The van der Waals surface area contributed by atoms with Crippen LogP contribution in [-0.2, 0) is 10.0 Å². The Kier molecular flexibility index (Phi) is 5.55. The summed E-state index contributed by atoms with van der Waals surface area (Å²) in [4.78, 5) is 8.14. The summed E-state index contributed by atoms with van der Waals surface area (Å²) < 4.78 is 31.3. The Bertz CT molecular complexity index is 1250. The first kappa shape index (κ1) is 21.1. The lowest BCUT2D eigenvalue weighted by Crippen LogP contribution is -2.27. The molecule has 0 aliphatic carbocycles. The monoisotopic (exact) mass is 439 g/mol. The molecule has 0 saturated carbocycles. The molecule has 8 nitrogen and oxygen atoms in total. The molecule has 9 heteroatoms. The van der Waals surface area contributed by atoms with E-state index in [0.717, 1.165) is 33.7 Å². The molecule has 4 rings (SSSR count). The molecule has 31 heavy (non-hydrogen) atoms. The van der Waals surface area contributed by atoms with Crippen molar-refractivity contribution < 1.29 is 13.2 Å². The summed E-state index contributed by atoms with van der Waals surface area (Å²) in [7, 11) is -1.72. The molecule has 2 aromatic carbocycles. The van der Waals surface area contributed by atoms with E-state index in [0.29, 0.717) is 18.7 Å². The minimum Gasteiger partial charge on any atom is -0.497 e. The number of methoxy groups -OCH3 is 1. The summed E-state index contributed by atoms with van der Waals surface area (Å²) in [5.74, 6) is 1.34. The molecule has 2 heterocycles. The van der Waals surface area contributed by atoms with Crippen LogP contribution in [0.3, 0.4) is 0 Å². The highest BCUT2D eigenvalue weighted by Gasteiger charge is 2.40. The van der Waals surface area contributed by atoms with Gasteiger partial charge in [-0.25, -0.2) is 17.7 Å². The molecule has 0 radical (unpaired) electrons. The molecule has 0 unspecified atom stereocenters. The lowest BCUT2D eigenvalue weighted by Gasteiger charge is -2.17. The number of ether oxygens (including phenoxy) is 1. The van der Waals surface area contributed by atoms with Gasteiger partial charge in [0.1, 0.15) is 11.6 Å². The van der Waals surface area contributed by atoms with Gasteiger partial charge in [0.15, 0.2) is 0 Å². The minimum atomic E-state index is -3.33. The molecule has 1 aliphatic heterocycles. The molecule has 4 N–H and O–H groups in total. The fourth-order valence-electron chi connectivity index (χ4n) is 4.12. The van der Waals surface area contributed by atoms with E-state index in [9.17, 15) is 8.42 Å². The van der Waals surface area contributed by atoms with E-state index in [4.69, 9.17) is 20.9 Å². The number of aromatic nitrogens is 2. The lowest BCUT2D eigenvalue weighted by molar-refractivity contribution is 0.414. The predicted octanol–water partition coefficient (Wildman–Crippen LogP) is 2.66. The number of rotatable bonds is 6. The summed E-state index contributed by atoms with van der Waals surface area (Å²) in [6.07, 6.45) is 3.84. The highest BCUT2D eigenvalue weighted by atomic mass is 32.2. The zero-order valence-electron chi connectivity index (χ0n) is 17.4. The van der Waals surface area contributed by atoms with Crippen LogP contribution in [0.15, 0.2) is 48.7 Å². The van der Waals surface area contributed by atoms with E-state index < -0.39 is 10.0 Å². The van der Waals surface area contributed by atoms with Crippen LogP contribution >= 0.6 is 0 Å². The number of sulfonamides is 1. The van der Waals surface area contributed by atoms with Gasteiger partial charge in [0, 0.05) is 42.9 Å². The molecule has 0 spiro atoms. The molecule has 1 saturated heterocycles. The Morgan fingerprint density at radius 3 is 2.55 bits per heavy atom. The largest absolute Gasteiger partial charge is 0.497 e. The highest BCUT2D eigenvalue weighted by molar-refractivity contribution is 7.88. The third kappa shape index (κ3) is 4.06. The van der Waals surface area contributed by atoms with Crippen LogP contribution in [-0.4, -0.2) is 55.4 Å². The quantitative estimate of drug-likeness (QED) is 0.509. The van der Waals surface area contributed by atoms with E-state index >= 15 is 0 Å². The Morgan fingerprint density at radius 2 is 1.94 bits per heavy atom. The smallest absolute Gasteiger partial charge is 0.211 e. The summed E-state index contributed by atoms with van der Waals surface area (Å²) in [5.41, 5.74) is 9.68. The lowest BCUT2D eigenvalue weighted by atomic mass is 9.88. The van der Waals surface area contributed by atoms with Crippen molar-refractivity contribution in [2.45, 2.75) is 11.8 Å². The van der Waals surface area contributed by atoms with Crippen LogP contribution in [0, 0.1) is 5.41 Å². The van der Waals surface area contributed by atoms with Gasteiger partial charge in [0.05, 0.1) is 24.4 Å². The number of hydrogen-bond donors (Lipinski definition) is 3. The summed E-state index contributed by atoms with van der Waals surface area (Å²) in [5, 5.41) is 7.51. The van der Waals surface area contributed by atoms with Crippen molar-refractivity contribution in [2.24, 2.45) is 5.73 Å². The van der Waals surface area contributed by atoms with Crippen molar-refractivity contribution in [3.05, 3.63) is 65.6 Å². The van der Waals surface area contributed by atoms with Crippen LogP contribution < -0.4 is 10.5 Å². The molecule has 1 fully saturated rings. The van der Waals surface area contributed by atoms with Gasteiger partial charge < -0.3 is 20.9 Å². The molecular weight excluding hydrogens is 414 g/mol. The molecule has 0 amide bonds. The standard InChI is InChI=1S/C22H25N5O3S/c1-30-17-6-3-14(4-7-17)18-12-27(31(2,28)29)13-19(18)22-25-20-8-5-15(9-21(20)26-22)16(10-23)11-24/h3-11,18-19,23H,12-13,24H2,1-2H3,(H,25,26)/b16-11+,23-10?/t18-,19+/m1/s1. The third-order valence-electron chi connectivity index (χ3n) is 5.82. The molecule has 162 valence electrons. The molecule has 3 aromatic rings. The van der Waals surface area contributed by atoms with Crippen molar-refractivity contribution in [3.8, 4) is 5.75 Å². The fraction of sp³-hybridized carbons (Fsp3) is 0.273. The van der Waals surface area contributed by atoms with Gasteiger partial charge in [-0.1, -0.05) is 18.2 Å². The number of fused-ring (bicyclic) bond motifs is 1. The number of hydrogen-bond acceptors (Lipinski definition) is 6. The summed E-state index contributed by atoms with van der Waals surface area (Å²) in [6.45, 7) is 0.753. The van der Waals surface area contributed by atoms with Gasteiger partial charge in [0.2, 0.25) is 10.0 Å². The average molecular weight is 440 g/mol. The molecular formula is C22H25N5O3S. The first-order valence-corrected chi connectivity index (χ1v) is 11.7. The van der Waals surface area contributed by atoms with E-state index in [-0.39, 0.29) is 11.8 Å².